The molecular formula is C21H28N2O. The molecule has 24 heavy (non-hydrogen) atoms. The zero-order valence-corrected chi connectivity index (χ0v) is 14.9. The maximum absolute atomic E-state index is 5.81. The van der Waals surface area contributed by atoms with Crippen molar-refractivity contribution >= 4 is 0 Å². The number of para-hydroxylation sites is 1. The van der Waals surface area contributed by atoms with E-state index in [2.05, 4.69) is 41.8 Å². The van der Waals surface area contributed by atoms with Gasteiger partial charge in [0, 0.05) is 39.3 Å². The van der Waals surface area contributed by atoms with Crippen LogP contribution in [-0.2, 0) is 6.54 Å². The predicted octanol–water partition coefficient (Wildman–Crippen LogP) is 3.50. The van der Waals surface area contributed by atoms with Crippen LogP contribution in [0.5, 0.6) is 5.75 Å². The quantitative estimate of drug-likeness (QED) is 0.809. The van der Waals surface area contributed by atoms with Gasteiger partial charge in [0.2, 0.25) is 0 Å². The number of hydrogen-bond donors (Lipinski definition) is 0. The molecule has 1 saturated heterocycles. The van der Waals surface area contributed by atoms with Crippen molar-refractivity contribution in [2.24, 2.45) is 0 Å². The van der Waals surface area contributed by atoms with Crippen molar-refractivity contribution in [3.05, 3.63) is 65.2 Å². The molecule has 1 aliphatic rings. The van der Waals surface area contributed by atoms with Crippen molar-refractivity contribution in [3.63, 3.8) is 0 Å². The van der Waals surface area contributed by atoms with Crippen LogP contribution in [0.15, 0.2) is 48.5 Å². The molecule has 3 rings (SSSR count). The molecule has 0 saturated carbocycles. The lowest BCUT2D eigenvalue weighted by Gasteiger charge is -2.35. The van der Waals surface area contributed by atoms with E-state index in [1.165, 1.54) is 16.7 Å². The molecule has 1 fully saturated rings. The molecule has 0 aromatic heterocycles. The van der Waals surface area contributed by atoms with Crippen molar-refractivity contribution in [3.8, 4) is 5.75 Å². The summed E-state index contributed by atoms with van der Waals surface area (Å²) in [6.45, 7) is 11.8. The SMILES string of the molecule is Cc1cccc(C)c1CN1CCN(CCOc2ccccc2)CC1. The highest BCUT2D eigenvalue weighted by Crippen LogP contribution is 2.17. The number of aryl methyl sites for hydroxylation is 2. The van der Waals surface area contributed by atoms with Crippen LogP contribution in [0.2, 0.25) is 0 Å². The molecule has 2 aromatic rings. The van der Waals surface area contributed by atoms with E-state index in [1.807, 2.05) is 30.3 Å². The summed E-state index contributed by atoms with van der Waals surface area (Å²) in [4.78, 5) is 5.08. The van der Waals surface area contributed by atoms with Gasteiger partial charge in [-0.25, -0.2) is 0 Å². The van der Waals surface area contributed by atoms with Crippen molar-refractivity contribution in [2.75, 3.05) is 39.3 Å². The van der Waals surface area contributed by atoms with Gasteiger partial charge in [0.15, 0.2) is 0 Å². The lowest BCUT2D eigenvalue weighted by molar-refractivity contribution is 0.112. The highest BCUT2D eigenvalue weighted by Gasteiger charge is 2.17. The van der Waals surface area contributed by atoms with E-state index in [0.29, 0.717) is 0 Å². The Balaban J connectivity index is 1.41. The van der Waals surface area contributed by atoms with Crippen molar-refractivity contribution in [1.29, 1.82) is 0 Å². The van der Waals surface area contributed by atoms with E-state index < -0.39 is 0 Å². The van der Waals surface area contributed by atoms with E-state index in [0.717, 1.165) is 51.6 Å². The summed E-state index contributed by atoms with van der Waals surface area (Å²) < 4.78 is 5.81. The van der Waals surface area contributed by atoms with E-state index in [-0.39, 0.29) is 0 Å². The Morgan fingerprint density at radius 1 is 0.792 bits per heavy atom. The zero-order valence-electron chi connectivity index (χ0n) is 14.9. The van der Waals surface area contributed by atoms with Gasteiger partial charge in [-0.05, 0) is 42.7 Å². The van der Waals surface area contributed by atoms with Crippen LogP contribution in [0.25, 0.3) is 0 Å². The van der Waals surface area contributed by atoms with Crippen LogP contribution in [-0.4, -0.2) is 49.1 Å². The summed E-state index contributed by atoms with van der Waals surface area (Å²) >= 11 is 0. The Kier molecular flexibility index (Phi) is 5.89. The number of nitrogens with zero attached hydrogens (tertiary/aromatic N) is 2. The average Bonchev–Trinajstić information content (AvgIpc) is 2.61. The molecule has 0 bridgehead atoms. The van der Waals surface area contributed by atoms with Gasteiger partial charge in [-0.2, -0.15) is 0 Å². The third-order valence-electron chi connectivity index (χ3n) is 4.91. The molecule has 0 aliphatic carbocycles. The average molecular weight is 324 g/mol. The highest BCUT2D eigenvalue weighted by molar-refractivity contribution is 5.33. The molecular weight excluding hydrogens is 296 g/mol. The van der Waals surface area contributed by atoms with E-state index >= 15 is 0 Å². The van der Waals surface area contributed by atoms with Crippen LogP contribution in [0.4, 0.5) is 0 Å². The fraction of sp³-hybridized carbons (Fsp3) is 0.429. The maximum atomic E-state index is 5.81. The fourth-order valence-corrected chi connectivity index (χ4v) is 3.30. The largest absolute Gasteiger partial charge is 0.492 e. The number of hydrogen-bond acceptors (Lipinski definition) is 3. The van der Waals surface area contributed by atoms with Crippen LogP contribution in [0, 0.1) is 13.8 Å². The second-order valence-electron chi connectivity index (χ2n) is 6.65. The summed E-state index contributed by atoms with van der Waals surface area (Å²) in [6, 6.07) is 16.7. The van der Waals surface area contributed by atoms with Crippen LogP contribution >= 0.6 is 0 Å². The summed E-state index contributed by atoms with van der Waals surface area (Å²) in [6.07, 6.45) is 0. The first-order valence-corrected chi connectivity index (χ1v) is 8.90. The Bertz CT molecular complexity index is 613. The first-order valence-electron chi connectivity index (χ1n) is 8.90. The van der Waals surface area contributed by atoms with Gasteiger partial charge >= 0.3 is 0 Å². The second-order valence-corrected chi connectivity index (χ2v) is 6.65. The predicted molar refractivity (Wildman–Crippen MR) is 99.6 cm³/mol. The van der Waals surface area contributed by atoms with Crippen LogP contribution in [0.3, 0.4) is 0 Å². The lowest BCUT2D eigenvalue weighted by Crippen LogP contribution is -2.47. The van der Waals surface area contributed by atoms with Crippen LogP contribution < -0.4 is 4.74 Å². The van der Waals surface area contributed by atoms with Gasteiger partial charge in [0.05, 0.1) is 0 Å². The van der Waals surface area contributed by atoms with E-state index in [1.54, 1.807) is 0 Å². The Morgan fingerprint density at radius 3 is 2.08 bits per heavy atom. The van der Waals surface area contributed by atoms with Gasteiger partial charge in [-0.15, -0.1) is 0 Å². The van der Waals surface area contributed by atoms with Gasteiger partial charge in [-0.1, -0.05) is 36.4 Å². The van der Waals surface area contributed by atoms with Gasteiger partial charge in [-0.3, -0.25) is 9.80 Å². The van der Waals surface area contributed by atoms with Crippen molar-refractivity contribution < 1.29 is 4.74 Å². The summed E-state index contributed by atoms with van der Waals surface area (Å²) in [5.41, 5.74) is 4.32. The molecule has 1 aliphatic heterocycles. The summed E-state index contributed by atoms with van der Waals surface area (Å²) in [5, 5.41) is 0. The zero-order chi connectivity index (χ0) is 16.8. The topological polar surface area (TPSA) is 15.7 Å². The molecule has 0 amide bonds. The molecule has 1 heterocycles. The standard InChI is InChI=1S/C21H28N2O/c1-18-7-6-8-19(2)21(18)17-23-13-11-22(12-14-23)15-16-24-20-9-4-3-5-10-20/h3-10H,11-17H2,1-2H3. The first-order chi connectivity index (χ1) is 11.7. The maximum Gasteiger partial charge on any atom is 0.119 e. The minimum Gasteiger partial charge on any atom is -0.492 e. The smallest absolute Gasteiger partial charge is 0.119 e. The third kappa shape index (κ3) is 4.59. The second kappa shape index (κ2) is 8.32. The highest BCUT2D eigenvalue weighted by atomic mass is 16.5. The summed E-state index contributed by atoms with van der Waals surface area (Å²) in [5.74, 6) is 0.964. The van der Waals surface area contributed by atoms with E-state index in [9.17, 15) is 0 Å². The number of rotatable bonds is 6. The van der Waals surface area contributed by atoms with Crippen molar-refractivity contribution in [1.82, 2.24) is 9.80 Å². The Morgan fingerprint density at radius 2 is 1.42 bits per heavy atom. The number of piperazine rings is 1. The van der Waals surface area contributed by atoms with Crippen LogP contribution in [0.1, 0.15) is 16.7 Å². The molecule has 0 atom stereocenters. The molecule has 0 unspecified atom stereocenters. The molecule has 0 spiro atoms. The molecule has 0 N–H and O–H groups in total. The molecule has 128 valence electrons. The minimum atomic E-state index is 0.765. The molecule has 3 heteroatoms. The number of benzene rings is 2. The monoisotopic (exact) mass is 324 g/mol. The normalized spacial score (nSPS) is 16.2. The third-order valence-corrected chi connectivity index (χ3v) is 4.91. The van der Waals surface area contributed by atoms with Gasteiger partial charge in [0.1, 0.15) is 12.4 Å². The summed E-state index contributed by atoms with van der Waals surface area (Å²) in [7, 11) is 0. The lowest BCUT2D eigenvalue weighted by atomic mass is 10.0. The molecule has 0 radical (unpaired) electrons. The number of ether oxygens (including phenoxy) is 1. The minimum absolute atomic E-state index is 0.765. The molecule has 2 aromatic carbocycles. The van der Waals surface area contributed by atoms with Crippen molar-refractivity contribution in [2.45, 2.75) is 20.4 Å². The molecule has 3 nitrogen and oxygen atoms in total. The van der Waals surface area contributed by atoms with Gasteiger partial charge in [0.25, 0.3) is 0 Å². The Labute approximate surface area is 145 Å². The van der Waals surface area contributed by atoms with E-state index in [4.69, 9.17) is 4.74 Å². The Hall–Kier alpha value is -1.84. The first kappa shape index (κ1) is 17.0. The van der Waals surface area contributed by atoms with Gasteiger partial charge < -0.3 is 4.74 Å². The fourth-order valence-electron chi connectivity index (χ4n) is 3.30.